The monoisotopic (exact) mass is 403 g/mol. The number of anilines is 1. The number of halogens is 1. The average molecular weight is 404 g/mol. The molecule has 7 heteroatoms. The van der Waals surface area contributed by atoms with E-state index in [0.717, 1.165) is 11.3 Å². The Morgan fingerprint density at radius 3 is 2.36 bits per heavy atom. The van der Waals surface area contributed by atoms with Crippen LogP contribution in [0.4, 0.5) is 10.5 Å². The molecule has 150 valence electrons. The van der Waals surface area contributed by atoms with Gasteiger partial charge in [-0.15, -0.1) is 0 Å². The van der Waals surface area contributed by atoms with Crippen molar-refractivity contribution in [3.05, 3.63) is 59.1 Å². The van der Waals surface area contributed by atoms with Gasteiger partial charge in [-0.1, -0.05) is 29.8 Å². The van der Waals surface area contributed by atoms with Crippen molar-refractivity contribution < 1.29 is 14.3 Å². The second-order valence-electron chi connectivity index (χ2n) is 6.61. The Morgan fingerprint density at radius 2 is 1.82 bits per heavy atom. The Hall–Kier alpha value is -2.57. The van der Waals surface area contributed by atoms with Gasteiger partial charge in [-0.2, -0.15) is 0 Å². The molecule has 0 aliphatic carbocycles. The molecule has 0 saturated heterocycles. The lowest BCUT2D eigenvalue weighted by molar-refractivity contribution is -0.116. The van der Waals surface area contributed by atoms with Gasteiger partial charge in [0.15, 0.2) is 0 Å². The molecular weight excluding hydrogens is 378 g/mol. The highest BCUT2D eigenvalue weighted by Gasteiger charge is 2.16. The van der Waals surface area contributed by atoms with Crippen LogP contribution in [0.25, 0.3) is 0 Å². The van der Waals surface area contributed by atoms with Crippen molar-refractivity contribution in [2.75, 3.05) is 32.6 Å². The second-order valence-corrected chi connectivity index (χ2v) is 7.05. The molecule has 2 aromatic carbocycles. The van der Waals surface area contributed by atoms with Crippen molar-refractivity contribution in [3.8, 4) is 5.75 Å². The number of hydrogen-bond donors (Lipinski definition) is 1. The largest absolute Gasteiger partial charge is 0.414 e. The summed E-state index contributed by atoms with van der Waals surface area (Å²) in [6, 6.07) is 14.7. The maximum atomic E-state index is 12.1. The van der Waals surface area contributed by atoms with E-state index < -0.39 is 6.09 Å². The number of nitrogens with one attached hydrogen (secondary N) is 1. The van der Waals surface area contributed by atoms with E-state index in [0.29, 0.717) is 23.7 Å². The van der Waals surface area contributed by atoms with Crippen molar-refractivity contribution in [1.82, 2.24) is 10.2 Å². The van der Waals surface area contributed by atoms with Crippen molar-refractivity contribution in [3.63, 3.8) is 0 Å². The van der Waals surface area contributed by atoms with E-state index in [1.165, 1.54) is 4.90 Å². The number of rotatable bonds is 7. The maximum absolute atomic E-state index is 12.1. The van der Waals surface area contributed by atoms with Gasteiger partial charge < -0.3 is 19.9 Å². The number of benzene rings is 2. The lowest BCUT2D eigenvalue weighted by Gasteiger charge is -2.25. The van der Waals surface area contributed by atoms with Crippen LogP contribution in [0.1, 0.15) is 24.9 Å². The Balaban J connectivity index is 2.06. The van der Waals surface area contributed by atoms with Crippen LogP contribution in [0.15, 0.2) is 48.5 Å². The third-order valence-corrected chi connectivity index (χ3v) is 4.58. The number of carbonyl (C=O) groups excluding carboxylic acids is 2. The molecule has 0 aliphatic rings. The molecule has 0 bridgehead atoms. The third kappa shape index (κ3) is 5.97. The zero-order valence-electron chi connectivity index (χ0n) is 16.6. The minimum Gasteiger partial charge on any atom is -0.410 e. The Kier molecular flexibility index (Phi) is 7.84. The SMILES string of the molecule is CNC(CCN(C(C)=O)c1cccc(Cl)c1)c1ccc(OC(=O)N(C)C)cc1. The third-order valence-electron chi connectivity index (χ3n) is 4.34. The van der Waals surface area contributed by atoms with Crippen LogP contribution in [-0.2, 0) is 4.79 Å². The predicted octanol–water partition coefficient (Wildman–Crippen LogP) is 4.10. The summed E-state index contributed by atoms with van der Waals surface area (Å²) >= 11 is 6.06. The van der Waals surface area contributed by atoms with Gasteiger partial charge in [0, 0.05) is 44.3 Å². The van der Waals surface area contributed by atoms with Gasteiger partial charge in [-0.3, -0.25) is 4.79 Å². The van der Waals surface area contributed by atoms with E-state index in [4.69, 9.17) is 16.3 Å². The molecule has 2 amide bonds. The lowest BCUT2D eigenvalue weighted by atomic mass is 10.0. The Morgan fingerprint density at radius 1 is 1.14 bits per heavy atom. The molecule has 0 radical (unpaired) electrons. The maximum Gasteiger partial charge on any atom is 0.414 e. The highest BCUT2D eigenvalue weighted by molar-refractivity contribution is 6.30. The van der Waals surface area contributed by atoms with Gasteiger partial charge in [-0.05, 0) is 49.4 Å². The van der Waals surface area contributed by atoms with E-state index in [2.05, 4.69) is 5.32 Å². The number of nitrogens with zero attached hydrogens (tertiary/aromatic N) is 2. The van der Waals surface area contributed by atoms with Crippen LogP contribution in [0.3, 0.4) is 0 Å². The molecule has 1 unspecified atom stereocenters. The summed E-state index contributed by atoms with van der Waals surface area (Å²) in [5.74, 6) is 0.449. The van der Waals surface area contributed by atoms with Crippen LogP contribution < -0.4 is 15.0 Å². The van der Waals surface area contributed by atoms with Gasteiger partial charge in [0.1, 0.15) is 5.75 Å². The molecule has 0 saturated carbocycles. The average Bonchev–Trinajstić information content (AvgIpc) is 2.65. The molecule has 6 nitrogen and oxygen atoms in total. The number of hydrogen-bond acceptors (Lipinski definition) is 4. The minimum atomic E-state index is -0.420. The first-order valence-corrected chi connectivity index (χ1v) is 9.39. The topological polar surface area (TPSA) is 61.9 Å². The summed E-state index contributed by atoms with van der Waals surface area (Å²) in [6.07, 6.45) is 0.288. The minimum absolute atomic E-state index is 0.0388. The normalized spacial score (nSPS) is 11.6. The molecule has 0 fully saturated rings. The summed E-state index contributed by atoms with van der Waals surface area (Å²) in [7, 11) is 5.14. The zero-order valence-corrected chi connectivity index (χ0v) is 17.4. The van der Waals surface area contributed by atoms with Crippen LogP contribution in [-0.4, -0.2) is 44.6 Å². The fourth-order valence-corrected chi connectivity index (χ4v) is 2.99. The molecule has 0 aromatic heterocycles. The van der Waals surface area contributed by atoms with E-state index in [1.54, 1.807) is 50.2 Å². The number of ether oxygens (including phenoxy) is 1. The predicted molar refractivity (Wildman–Crippen MR) is 112 cm³/mol. The summed E-state index contributed by atoms with van der Waals surface area (Å²) < 4.78 is 5.24. The summed E-state index contributed by atoms with van der Waals surface area (Å²) in [4.78, 5) is 26.8. The van der Waals surface area contributed by atoms with Gasteiger partial charge in [0.05, 0.1) is 0 Å². The fourth-order valence-electron chi connectivity index (χ4n) is 2.81. The lowest BCUT2D eigenvalue weighted by Crippen LogP contribution is -2.32. The van der Waals surface area contributed by atoms with Crippen LogP contribution in [0.5, 0.6) is 5.75 Å². The molecule has 1 N–H and O–H groups in total. The van der Waals surface area contributed by atoms with Crippen LogP contribution in [0, 0.1) is 0 Å². The van der Waals surface area contributed by atoms with E-state index in [1.807, 2.05) is 31.3 Å². The van der Waals surface area contributed by atoms with Crippen molar-refractivity contribution >= 4 is 29.3 Å². The van der Waals surface area contributed by atoms with Crippen molar-refractivity contribution in [2.24, 2.45) is 0 Å². The smallest absolute Gasteiger partial charge is 0.410 e. The first-order chi connectivity index (χ1) is 13.3. The molecule has 28 heavy (non-hydrogen) atoms. The highest BCUT2D eigenvalue weighted by Crippen LogP contribution is 2.24. The quantitative estimate of drug-likeness (QED) is 0.755. The van der Waals surface area contributed by atoms with Crippen LogP contribution >= 0.6 is 11.6 Å². The first-order valence-electron chi connectivity index (χ1n) is 9.02. The molecule has 1 atom stereocenters. The van der Waals surface area contributed by atoms with Gasteiger partial charge in [0.2, 0.25) is 5.91 Å². The van der Waals surface area contributed by atoms with E-state index in [9.17, 15) is 9.59 Å². The molecule has 0 spiro atoms. The molecule has 2 rings (SSSR count). The first kappa shape index (κ1) is 21.7. The summed E-state index contributed by atoms with van der Waals surface area (Å²) in [5.41, 5.74) is 1.82. The van der Waals surface area contributed by atoms with Crippen LogP contribution in [0.2, 0.25) is 5.02 Å². The standard InChI is InChI=1S/C21H26ClN3O3/c1-15(26)25(18-7-5-6-17(22)14-18)13-12-20(23-2)16-8-10-19(11-9-16)28-21(27)24(3)4/h5-11,14,20,23H,12-13H2,1-4H3. The van der Waals surface area contributed by atoms with E-state index >= 15 is 0 Å². The molecule has 2 aromatic rings. The van der Waals surface area contributed by atoms with E-state index in [-0.39, 0.29) is 11.9 Å². The fraction of sp³-hybridized carbons (Fsp3) is 0.333. The Bertz CT molecular complexity index is 809. The summed E-state index contributed by atoms with van der Waals surface area (Å²) in [6.45, 7) is 2.09. The van der Waals surface area contributed by atoms with Gasteiger partial charge >= 0.3 is 6.09 Å². The number of carbonyl (C=O) groups is 2. The van der Waals surface area contributed by atoms with Crippen molar-refractivity contribution in [1.29, 1.82) is 0 Å². The number of amides is 2. The molecule has 0 aliphatic heterocycles. The second kappa shape index (κ2) is 10.1. The van der Waals surface area contributed by atoms with Gasteiger partial charge in [-0.25, -0.2) is 4.79 Å². The summed E-state index contributed by atoms with van der Waals surface area (Å²) in [5, 5.41) is 3.87. The Labute approximate surface area is 171 Å². The molecule has 0 heterocycles. The molecular formula is C21H26ClN3O3. The van der Waals surface area contributed by atoms with Gasteiger partial charge in [0.25, 0.3) is 0 Å². The zero-order chi connectivity index (χ0) is 20.7. The highest BCUT2D eigenvalue weighted by atomic mass is 35.5. The van der Waals surface area contributed by atoms with Crippen molar-refractivity contribution in [2.45, 2.75) is 19.4 Å².